The van der Waals surface area contributed by atoms with Crippen LogP contribution in [-0.2, 0) is 4.79 Å². The lowest BCUT2D eigenvalue weighted by molar-refractivity contribution is -0.134. The van der Waals surface area contributed by atoms with E-state index in [-0.39, 0.29) is 0 Å². The summed E-state index contributed by atoms with van der Waals surface area (Å²) in [7, 11) is 0. The van der Waals surface area contributed by atoms with Crippen molar-refractivity contribution in [1.82, 2.24) is 10.1 Å². The van der Waals surface area contributed by atoms with Crippen molar-refractivity contribution >= 4 is 17.6 Å². The third kappa shape index (κ3) is 1.67. The molecule has 86 valence electrons. The van der Waals surface area contributed by atoms with Gasteiger partial charge in [0.25, 0.3) is 0 Å². The summed E-state index contributed by atoms with van der Waals surface area (Å²) in [5.41, 5.74) is -0.577. The van der Waals surface area contributed by atoms with Gasteiger partial charge in [0.2, 0.25) is 0 Å². The highest BCUT2D eigenvalue weighted by molar-refractivity contribution is 6.31. The predicted octanol–water partition coefficient (Wildman–Crippen LogP) is 0.955. The Morgan fingerprint density at radius 1 is 1.44 bits per heavy atom. The Hall–Kier alpha value is -1.50. The Morgan fingerprint density at radius 3 is 2.75 bits per heavy atom. The van der Waals surface area contributed by atoms with E-state index in [1.54, 1.807) is 0 Å². The average molecular weight is 243 g/mol. The fraction of sp³-hybridized carbons (Fsp3) is 0.222. The van der Waals surface area contributed by atoms with Gasteiger partial charge in [-0.1, -0.05) is 17.7 Å². The molecule has 0 bridgehead atoms. The lowest BCUT2D eigenvalue weighted by Crippen LogP contribution is -2.50. The van der Waals surface area contributed by atoms with Crippen molar-refractivity contribution in [1.29, 1.82) is 0 Å². The molecule has 2 atom stereocenters. The molecule has 2 rings (SSSR count). The maximum atomic E-state index is 11.6. The summed E-state index contributed by atoms with van der Waals surface area (Å²) in [6, 6.07) is -1.63. The van der Waals surface area contributed by atoms with Gasteiger partial charge < -0.3 is 25.6 Å². The van der Waals surface area contributed by atoms with Crippen molar-refractivity contribution in [2.45, 2.75) is 12.1 Å². The van der Waals surface area contributed by atoms with E-state index in [4.69, 9.17) is 16.7 Å². The van der Waals surface area contributed by atoms with Crippen molar-refractivity contribution in [3.05, 3.63) is 45.6 Å². The Morgan fingerprint density at radius 2 is 2.12 bits per heavy atom. The van der Waals surface area contributed by atoms with Gasteiger partial charge in [0.1, 0.15) is 5.70 Å². The largest absolute Gasteiger partial charge is 0.758 e. The lowest BCUT2D eigenvalue weighted by atomic mass is 10.00. The fourth-order valence-electron chi connectivity index (χ4n) is 1.64. The number of hydroxylamine groups is 4. The Labute approximate surface area is 95.9 Å². The summed E-state index contributed by atoms with van der Waals surface area (Å²) in [5.74, 6) is -1.43. The minimum Gasteiger partial charge on any atom is -0.758 e. The summed E-state index contributed by atoms with van der Waals surface area (Å²) in [6.45, 7) is 0. The standard InChI is InChI=1S/C9H7ClN2O4/c10-5-1-2-6-7(3-5)11(15)4-8(9(13)14)12(6)16/h1-4,6-7H,(H,13,14)/q-2. The number of allylic oxidation sites excluding steroid dienone is 2. The van der Waals surface area contributed by atoms with Crippen LogP contribution in [-0.4, -0.2) is 33.3 Å². The first-order chi connectivity index (χ1) is 7.50. The summed E-state index contributed by atoms with van der Waals surface area (Å²) in [5, 5.41) is 32.9. The fourth-order valence-corrected chi connectivity index (χ4v) is 1.84. The monoisotopic (exact) mass is 242 g/mol. The Bertz CT molecular complexity index is 418. The first-order valence-corrected chi connectivity index (χ1v) is 4.81. The van der Waals surface area contributed by atoms with Crippen molar-refractivity contribution in [2.75, 3.05) is 0 Å². The smallest absolute Gasteiger partial charge is 0.352 e. The van der Waals surface area contributed by atoms with Gasteiger partial charge in [-0.15, -0.1) is 0 Å². The van der Waals surface area contributed by atoms with Crippen LogP contribution in [0.3, 0.4) is 0 Å². The molecular weight excluding hydrogens is 236 g/mol. The molecule has 0 aromatic carbocycles. The molecule has 0 aromatic heterocycles. The van der Waals surface area contributed by atoms with Crippen LogP contribution < -0.4 is 0 Å². The van der Waals surface area contributed by atoms with Gasteiger partial charge in [0, 0.05) is 11.2 Å². The lowest BCUT2D eigenvalue weighted by Gasteiger charge is -2.52. The number of hydrogen-bond donors (Lipinski definition) is 1. The van der Waals surface area contributed by atoms with Crippen LogP contribution in [0, 0.1) is 10.4 Å². The molecule has 0 saturated heterocycles. The van der Waals surface area contributed by atoms with Crippen molar-refractivity contribution in [2.24, 2.45) is 0 Å². The van der Waals surface area contributed by atoms with Crippen LogP contribution in [0.5, 0.6) is 0 Å². The SMILES string of the molecule is O=C(O)C1=CN([O-])C2C=C(Cl)C=CC2N1[O-]. The number of fused-ring (bicyclic) bond motifs is 1. The van der Waals surface area contributed by atoms with E-state index in [9.17, 15) is 15.2 Å². The van der Waals surface area contributed by atoms with Gasteiger partial charge >= 0.3 is 5.97 Å². The van der Waals surface area contributed by atoms with Gasteiger partial charge in [-0.3, -0.25) is 0 Å². The van der Waals surface area contributed by atoms with Gasteiger partial charge in [-0.25, -0.2) is 4.79 Å². The zero-order valence-electron chi connectivity index (χ0n) is 7.91. The molecule has 6 nitrogen and oxygen atoms in total. The zero-order valence-corrected chi connectivity index (χ0v) is 8.66. The third-order valence-corrected chi connectivity index (χ3v) is 2.66. The van der Waals surface area contributed by atoms with Crippen LogP contribution in [0.1, 0.15) is 0 Å². The first-order valence-electron chi connectivity index (χ1n) is 4.43. The van der Waals surface area contributed by atoms with Gasteiger partial charge in [-0.05, 0) is 12.2 Å². The number of nitrogens with zero attached hydrogens (tertiary/aromatic N) is 2. The molecule has 2 unspecified atom stereocenters. The van der Waals surface area contributed by atoms with Crippen LogP contribution in [0.25, 0.3) is 0 Å². The van der Waals surface area contributed by atoms with Crippen LogP contribution in [0.2, 0.25) is 0 Å². The molecule has 1 aliphatic heterocycles. The number of rotatable bonds is 1. The topological polar surface area (TPSA) is 89.9 Å². The molecule has 1 aliphatic carbocycles. The van der Waals surface area contributed by atoms with Crippen LogP contribution >= 0.6 is 11.6 Å². The molecule has 0 aromatic rings. The van der Waals surface area contributed by atoms with Crippen molar-refractivity contribution in [3.63, 3.8) is 0 Å². The quantitative estimate of drug-likeness (QED) is 0.736. The molecule has 7 heteroatoms. The van der Waals surface area contributed by atoms with E-state index < -0.39 is 23.8 Å². The zero-order chi connectivity index (χ0) is 11.9. The summed E-state index contributed by atoms with van der Waals surface area (Å²) in [6.07, 6.45) is 5.06. The van der Waals surface area contributed by atoms with Gasteiger partial charge in [-0.2, -0.15) is 0 Å². The van der Waals surface area contributed by atoms with E-state index in [0.29, 0.717) is 15.2 Å². The molecule has 0 radical (unpaired) electrons. The summed E-state index contributed by atoms with van der Waals surface area (Å²) in [4.78, 5) is 10.7. The molecule has 1 heterocycles. The van der Waals surface area contributed by atoms with Crippen LogP contribution in [0.15, 0.2) is 35.2 Å². The number of aliphatic carboxylic acids is 1. The van der Waals surface area contributed by atoms with E-state index in [0.717, 1.165) is 6.20 Å². The molecule has 0 saturated carbocycles. The third-order valence-electron chi connectivity index (χ3n) is 2.40. The molecule has 2 aliphatic rings. The molecule has 16 heavy (non-hydrogen) atoms. The molecule has 0 fully saturated rings. The number of carbonyl (C=O) groups is 1. The maximum Gasteiger partial charge on any atom is 0.352 e. The molecular formula is C9H7ClN2O4-2. The van der Waals surface area contributed by atoms with Gasteiger partial charge in [0.05, 0.1) is 12.1 Å². The minimum atomic E-state index is -1.43. The molecule has 1 N–H and O–H groups in total. The van der Waals surface area contributed by atoms with E-state index in [1.165, 1.54) is 18.2 Å². The van der Waals surface area contributed by atoms with E-state index >= 15 is 0 Å². The van der Waals surface area contributed by atoms with Crippen molar-refractivity contribution in [3.8, 4) is 0 Å². The second-order valence-corrected chi connectivity index (χ2v) is 3.83. The Balaban J connectivity index is 2.38. The van der Waals surface area contributed by atoms with Crippen molar-refractivity contribution < 1.29 is 9.90 Å². The molecule has 0 spiro atoms. The summed E-state index contributed by atoms with van der Waals surface area (Å²) < 4.78 is 0. The Kier molecular flexibility index (Phi) is 2.63. The highest BCUT2D eigenvalue weighted by Gasteiger charge is 2.30. The first kappa shape index (κ1) is 11.0. The maximum absolute atomic E-state index is 11.6. The minimum absolute atomic E-state index is 0.303. The number of hydrogen-bond acceptors (Lipinski definition) is 5. The van der Waals surface area contributed by atoms with E-state index in [2.05, 4.69) is 0 Å². The predicted molar refractivity (Wildman–Crippen MR) is 56.8 cm³/mol. The number of carboxylic acid groups (broad SMARTS) is 1. The normalized spacial score (nSPS) is 28.4. The van der Waals surface area contributed by atoms with Gasteiger partial charge in [0.15, 0.2) is 0 Å². The van der Waals surface area contributed by atoms with Crippen LogP contribution in [0.4, 0.5) is 0 Å². The molecule has 0 amide bonds. The van der Waals surface area contributed by atoms with E-state index in [1.807, 2.05) is 0 Å². The second-order valence-electron chi connectivity index (χ2n) is 3.40. The second kappa shape index (κ2) is 3.82. The number of halogens is 1. The highest BCUT2D eigenvalue weighted by Crippen LogP contribution is 2.28. The average Bonchev–Trinajstić information content (AvgIpc) is 2.22. The summed E-state index contributed by atoms with van der Waals surface area (Å²) >= 11 is 5.70. The highest BCUT2D eigenvalue weighted by atomic mass is 35.5. The number of carboxylic acids is 1.